The molecule has 0 atom stereocenters. The van der Waals surface area contributed by atoms with Crippen molar-refractivity contribution >= 4 is 0 Å². The zero-order valence-corrected chi connectivity index (χ0v) is 11.9. The summed E-state index contributed by atoms with van der Waals surface area (Å²) >= 11 is 0. The van der Waals surface area contributed by atoms with E-state index >= 15 is 0 Å². The maximum Gasteiger partial charge on any atom is 0.129 e. The molecule has 0 spiro atoms. The molecule has 1 nitrogen and oxygen atoms in total. The lowest BCUT2D eigenvalue weighted by Gasteiger charge is -2.34. The van der Waals surface area contributed by atoms with Gasteiger partial charge in [0.2, 0.25) is 0 Å². The lowest BCUT2D eigenvalue weighted by Crippen LogP contribution is -2.39. The molecule has 0 aliphatic heterocycles. The molecule has 1 aromatic carbocycles. The Morgan fingerprint density at radius 1 is 1.05 bits per heavy atom. The summed E-state index contributed by atoms with van der Waals surface area (Å²) in [6.07, 6.45) is 9.24. The van der Waals surface area contributed by atoms with Gasteiger partial charge < -0.3 is 5.32 Å². The minimum Gasteiger partial charge on any atom is -0.313 e. The van der Waals surface area contributed by atoms with Gasteiger partial charge in [-0.1, -0.05) is 31.7 Å². The van der Waals surface area contributed by atoms with E-state index in [1.807, 2.05) is 0 Å². The summed E-state index contributed by atoms with van der Waals surface area (Å²) in [4.78, 5) is 0. The third-order valence-corrected chi connectivity index (χ3v) is 4.87. The summed E-state index contributed by atoms with van der Waals surface area (Å²) < 4.78 is 27.5. The summed E-state index contributed by atoms with van der Waals surface area (Å²) in [6, 6.07) is 4.74. The van der Waals surface area contributed by atoms with Crippen molar-refractivity contribution in [3.63, 3.8) is 0 Å². The smallest absolute Gasteiger partial charge is 0.129 e. The summed E-state index contributed by atoms with van der Waals surface area (Å²) in [5, 5.41) is 3.57. The molecule has 1 N–H and O–H groups in total. The van der Waals surface area contributed by atoms with Gasteiger partial charge >= 0.3 is 0 Å². The van der Waals surface area contributed by atoms with Crippen LogP contribution in [0.1, 0.15) is 56.9 Å². The summed E-state index contributed by atoms with van der Waals surface area (Å²) in [7, 11) is 0. The van der Waals surface area contributed by atoms with Gasteiger partial charge in [0.25, 0.3) is 0 Å². The van der Waals surface area contributed by atoms with Gasteiger partial charge in [-0.25, -0.2) is 8.78 Å². The van der Waals surface area contributed by atoms with Crippen molar-refractivity contribution in [3.05, 3.63) is 35.4 Å². The standard InChI is InChI=1S/C17H23F2N/c18-13-5-8-15(16(19)11-13)17(12-20-14-6-7-14)9-3-1-2-4-10-17/h5,8,11,14,20H,1-4,6-7,9-10,12H2. The van der Waals surface area contributed by atoms with E-state index in [0.717, 1.165) is 38.3 Å². The molecule has 3 heteroatoms. The molecule has 2 fully saturated rings. The first kappa shape index (κ1) is 14.0. The number of nitrogens with one attached hydrogen (secondary N) is 1. The first-order chi connectivity index (χ1) is 9.70. The molecule has 1 aromatic rings. The van der Waals surface area contributed by atoms with Gasteiger partial charge in [0.05, 0.1) is 0 Å². The second kappa shape index (κ2) is 5.80. The first-order valence-electron chi connectivity index (χ1n) is 7.89. The Hall–Kier alpha value is -0.960. The predicted molar refractivity (Wildman–Crippen MR) is 76.8 cm³/mol. The highest BCUT2D eigenvalue weighted by molar-refractivity contribution is 5.29. The Morgan fingerprint density at radius 2 is 1.75 bits per heavy atom. The molecule has 2 aliphatic carbocycles. The highest BCUT2D eigenvalue weighted by atomic mass is 19.1. The topological polar surface area (TPSA) is 12.0 Å². The maximum atomic E-state index is 14.3. The average molecular weight is 279 g/mol. The largest absolute Gasteiger partial charge is 0.313 e. The molecule has 0 aromatic heterocycles. The molecule has 0 saturated heterocycles. The minimum absolute atomic E-state index is 0.142. The molecule has 0 unspecified atom stereocenters. The number of rotatable bonds is 4. The molecule has 0 amide bonds. The Labute approximate surface area is 119 Å². The van der Waals surface area contributed by atoms with Crippen molar-refractivity contribution in [3.8, 4) is 0 Å². The van der Waals surface area contributed by atoms with Crippen LogP contribution in [0, 0.1) is 11.6 Å². The normalized spacial score (nSPS) is 22.5. The maximum absolute atomic E-state index is 14.3. The van der Waals surface area contributed by atoms with Crippen LogP contribution in [0.25, 0.3) is 0 Å². The molecule has 0 radical (unpaired) electrons. The van der Waals surface area contributed by atoms with Crippen LogP contribution in [0.3, 0.4) is 0 Å². The van der Waals surface area contributed by atoms with E-state index in [2.05, 4.69) is 5.32 Å². The van der Waals surface area contributed by atoms with Gasteiger partial charge in [-0.15, -0.1) is 0 Å². The first-order valence-corrected chi connectivity index (χ1v) is 7.89. The van der Waals surface area contributed by atoms with Crippen LogP contribution in [0.2, 0.25) is 0 Å². The number of hydrogen-bond donors (Lipinski definition) is 1. The SMILES string of the molecule is Fc1ccc(C2(CNC3CC3)CCCCCC2)c(F)c1. The quantitative estimate of drug-likeness (QED) is 0.810. The monoisotopic (exact) mass is 279 g/mol. The molecular formula is C17H23F2N. The summed E-state index contributed by atoms with van der Waals surface area (Å²) in [5.74, 6) is -0.852. The van der Waals surface area contributed by atoms with E-state index in [-0.39, 0.29) is 11.2 Å². The van der Waals surface area contributed by atoms with Crippen molar-refractivity contribution < 1.29 is 8.78 Å². The molecule has 2 saturated carbocycles. The Balaban J connectivity index is 1.89. The average Bonchev–Trinajstić information content (AvgIpc) is 3.24. The van der Waals surface area contributed by atoms with Crippen molar-refractivity contribution in [2.45, 2.75) is 62.8 Å². The van der Waals surface area contributed by atoms with E-state index in [9.17, 15) is 8.78 Å². The predicted octanol–water partition coefficient (Wildman–Crippen LogP) is 4.31. The van der Waals surface area contributed by atoms with Gasteiger partial charge in [0, 0.05) is 24.1 Å². The van der Waals surface area contributed by atoms with Crippen LogP contribution in [0.4, 0.5) is 8.78 Å². The van der Waals surface area contributed by atoms with Crippen LogP contribution in [-0.2, 0) is 5.41 Å². The van der Waals surface area contributed by atoms with Gasteiger partial charge in [-0.2, -0.15) is 0 Å². The highest BCUT2D eigenvalue weighted by Crippen LogP contribution is 2.40. The lowest BCUT2D eigenvalue weighted by molar-refractivity contribution is 0.332. The van der Waals surface area contributed by atoms with E-state index in [0.29, 0.717) is 11.6 Å². The fourth-order valence-corrected chi connectivity index (χ4v) is 3.49. The fraction of sp³-hybridized carbons (Fsp3) is 0.647. The Kier molecular flexibility index (Phi) is 4.06. The van der Waals surface area contributed by atoms with E-state index in [1.165, 1.54) is 31.7 Å². The summed E-state index contributed by atoms with van der Waals surface area (Å²) in [6.45, 7) is 0.834. The lowest BCUT2D eigenvalue weighted by atomic mass is 9.74. The second-order valence-electron chi connectivity index (χ2n) is 6.47. The van der Waals surface area contributed by atoms with Crippen LogP contribution >= 0.6 is 0 Å². The molecular weight excluding hydrogens is 256 g/mol. The number of benzene rings is 1. The van der Waals surface area contributed by atoms with Crippen LogP contribution < -0.4 is 5.32 Å². The van der Waals surface area contributed by atoms with Crippen molar-refractivity contribution in [1.29, 1.82) is 0 Å². The van der Waals surface area contributed by atoms with Crippen molar-refractivity contribution in [2.24, 2.45) is 0 Å². The third kappa shape index (κ3) is 3.03. The van der Waals surface area contributed by atoms with E-state index in [4.69, 9.17) is 0 Å². The molecule has 110 valence electrons. The van der Waals surface area contributed by atoms with Crippen LogP contribution in [0.15, 0.2) is 18.2 Å². The third-order valence-electron chi connectivity index (χ3n) is 4.87. The van der Waals surface area contributed by atoms with Crippen LogP contribution in [-0.4, -0.2) is 12.6 Å². The Bertz CT molecular complexity index is 460. The zero-order valence-electron chi connectivity index (χ0n) is 11.9. The zero-order chi connectivity index (χ0) is 14.0. The highest BCUT2D eigenvalue weighted by Gasteiger charge is 2.36. The van der Waals surface area contributed by atoms with Gasteiger partial charge in [0.1, 0.15) is 11.6 Å². The molecule has 20 heavy (non-hydrogen) atoms. The molecule has 0 bridgehead atoms. The molecule has 0 heterocycles. The molecule has 3 rings (SSSR count). The Morgan fingerprint density at radius 3 is 2.35 bits per heavy atom. The number of hydrogen-bond acceptors (Lipinski definition) is 1. The second-order valence-corrected chi connectivity index (χ2v) is 6.47. The fourth-order valence-electron chi connectivity index (χ4n) is 3.49. The summed E-state index contributed by atoms with van der Waals surface area (Å²) in [5.41, 5.74) is 0.575. The molecule has 2 aliphatic rings. The van der Waals surface area contributed by atoms with Crippen molar-refractivity contribution in [1.82, 2.24) is 5.32 Å². The van der Waals surface area contributed by atoms with Gasteiger partial charge in [0.15, 0.2) is 0 Å². The van der Waals surface area contributed by atoms with E-state index in [1.54, 1.807) is 6.07 Å². The van der Waals surface area contributed by atoms with Crippen LogP contribution in [0.5, 0.6) is 0 Å². The van der Waals surface area contributed by atoms with E-state index < -0.39 is 5.82 Å². The minimum atomic E-state index is -0.481. The number of halogens is 2. The van der Waals surface area contributed by atoms with Crippen molar-refractivity contribution in [2.75, 3.05) is 6.54 Å². The van der Waals surface area contributed by atoms with Gasteiger partial charge in [-0.3, -0.25) is 0 Å². The van der Waals surface area contributed by atoms with Gasteiger partial charge in [-0.05, 0) is 37.3 Å².